The molecule has 1 unspecified atom stereocenters. The smallest absolute Gasteiger partial charge is 0.309 e. The Balaban J connectivity index is 1.41. The molecule has 6 rings (SSSR count). The third-order valence-corrected chi connectivity index (χ3v) is 10.8. The highest BCUT2D eigenvalue weighted by Gasteiger charge is 2.33. The van der Waals surface area contributed by atoms with E-state index in [1.54, 1.807) is 48.6 Å². The Hall–Kier alpha value is -5.42. The van der Waals surface area contributed by atoms with E-state index < -0.39 is 51.7 Å². The van der Waals surface area contributed by atoms with E-state index >= 15 is 0 Å². The Morgan fingerprint density at radius 1 is 0.860 bits per heavy atom. The van der Waals surface area contributed by atoms with Crippen LogP contribution < -0.4 is 10.6 Å². The monoisotopic (exact) mass is 692 g/mol. The predicted molar refractivity (Wildman–Crippen MR) is 191 cm³/mol. The molecule has 0 saturated carbocycles. The van der Waals surface area contributed by atoms with Crippen LogP contribution >= 0.6 is 0 Å². The number of nitrogens with one attached hydrogen (secondary N) is 3. The van der Waals surface area contributed by atoms with Crippen molar-refractivity contribution in [3.8, 4) is 0 Å². The number of rotatable bonds is 6. The second-order valence-corrected chi connectivity index (χ2v) is 14.4. The lowest BCUT2D eigenvalue weighted by molar-refractivity contribution is -0.143. The molecule has 4 atom stereocenters. The van der Waals surface area contributed by atoms with Gasteiger partial charge in [0.15, 0.2) is 0 Å². The van der Waals surface area contributed by atoms with Crippen molar-refractivity contribution in [1.29, 1.82) is 0 Å². The molecule has 3 aromatic carbocycles. The minimum absolute atomic E-state index is 0.0154. The summed E-state index contributed by atoms with van der Waals surface area (Å²) in [5.74, 6) is -2.51. The first kappa shape index (κ1) is 34.4. The van der Waals surface area contributed by atoms with Crippen LogP contribution in [0.4, 0.5) is 0 Å². The van der Waals surface area contributed by atoms with Crippen molar-refractivity contribution in [1.82, 2.24) is 19.6 Å². The van der Waals surface area contributed by atoms with Crippen molar-refractivity contribution in [2.75, 3.05) is 6.61 Å². The minimum Gasteiger partial charge on any atom is -0.465 e. The number of aromatic amines is 1. The summed E-state index contributed by atoms with van der Waals surface area (Å²) in [4.78, 5) is 44.6. The van der Waals surface area contributed by atoms with Crippen molar-refractivity contribution >= 4 is 38.7 Å². The molecule has 2 amide bonds. The zero-order chi connectivity index (χ0) is 35.3. The average Bonchev–Trinajstić information content (AvgIpc) is 3.77. The number of amides is 2. The molecule has 2 aromatic heterocycles. The van der Waals surface area contributed by atoms with E-state index in [1.165, 1.54) is 10.2 Å². The highest BCUT2D eigenvalue weighted by Crippen LogP contribution is 2.29. The van der Waals surface area contributed by atoms with Crippen molar-refractivity contribution in [2.24, 2.45) is 5.92 Å². The summed E-state index contributed by atoms with van der Waals surface area (Å²) in [5.41, 5.74) is 3.69. The molecule has 0 bridgehead atoms. The first-order valence-electron chi connectivity index (χ1n) is 16.6. The van der Waals surface area contributed by atoms with E-state index in [0.29, 0.717) is 5.69 Å². The third kappa shape index (κ3) is 7.58. The molecular weight excluding hydrogens is 653 g/mol. The van der Waals surface area contributed by atoms with Gasteiger partial charge in [0.05, 0.1) is 35.6 Å². The van der Waals surface area contributed by atoms with Gasteiger partial charge < -0.3 is 20.4 Å². The van der Waals surface area contributed by atoms with E-state index in [1.807, 2.05) is 74.6 Å². The van der Waals surface area contributed by atoms with Crippen LogP contribution in [0.5, 0.6) is 0 Å². The lowest BCUT2D eigenvalue weighted by Gasteiger charge is -2.28. The molecular formula is C39H40N4O6S. The summed E-state index contributed by atoms with van der Waals surface area (Å²) in [6.07, 6.45) is 7.06. The number of nitrogens with zero attached hydrogens (tertiary/aromatic N) is 1. The lowest BCUT2D eigenvalue weighted by Crippen LogP contribution is -2.51. The molecule has 3 N–H and O–H groups in total. The van der Waals surface area contributed by atoms with E-state index in [4.69, 9.17) is 4.74 Å². The average molecular weight is 693 g/mol. The van der Waals surface area contributed by atoms with Gasteiger partial charge in [-0.25, -0.2) is 12.4 Å². The van der Waals surface area contributed by atoms with Crippen molar-refractivity contribution in [3.63, 3.8) is 0 Å². The van der Waals surface area contributed by atoms with Crippen LogP contribution in [-0.2, 0) is 35.6 Å². The molecule has 0 spiro atoms. The molecule has 258 valence electrons. The van der Waals surface area contributed by atoms with Gasteiger partial charge in [0.1, 0.15) is 6.04 Å². The van der Waals surface area contributed by atoms with E-state index in [0.717, 1.165) is 27.6 Å². The molecule has 10 nitrogen and oxygen atoms in total. The highest BCUT2D eigenvalue weighted by atomic mass is 32.2. The largest absolute Gasteiger partial charge is 0.465 e. The Kier molecular flexibility index (Phi) is 10.3. The summed E-state index contributed by atoms with van der Waals surface area (Å²) in [6, 6.07) is 24.8. The summed E-state index contributed by atoms with van der Waals surface area (Å²) in [7, 11) is -4.04. The number of carbonyl (C=O) groups excluding carboxylic acids is 3. The van der Waals surface area contributed by atoms with E-state index in [2.05, 4.69) is 15.6 Å². The molecule has 1 aliphatic heterocycles. The van der Waals surface area contributed by atoms with Gasteiger partial charge in [-0.15, -0.1) is 0 Å². The number of cyclic esters (lactones) is 1. The number of aryl methyl sites for hydroxylation is 1. The zero-order valence-electron chi connectivity index (χ0n) is 27.9. The lowest BCUT2D eigenvalue weighted by atomic mass is 9.94. The van der Waals surface area contributed by atoms with Crippen molar-refractivity contribution in [3.05, 3.63) is 138 Å². The molecule has 5 aromatic rings. The number of fused-ring (bicyclic) bond motifs is 1. The van der Waals surface area contributed by atoms with Crippen LogP contribution in [0, 0.1) is 12.8 Å². The summed E-state index contributed by atoms with van der Waals surface area (Å²) < 4.78 is 34.5. The van der Waals surface area contributed by atoms with Gasteiger partial charge in [0.25, 0.3) is 10.0 Å². The van der Waals surface area contributed by atoms with Gasteiger partial charge in [0.2, 0.25) is 11.8 Å². The Labute approximate surface area is 291 Å². The Bertz CT molecular complexity index is 2120. The maximum atomic E-state index is 14.5. The highest BCUT2D eigenvalue weighted by molar-refractivity contribution is 7.90. The number of ether oxygens (including phenoxy) is 1. The van der Waals surface area contributed by atoms with Crippen LogP contribution in [0.15, 0.2) is 120 Å². The maximum absolute atomic E-state index is 14.5. The van der Waals surface area contributed by atoms with Crippen LogP contribution in [0.2, 0.25) is 0 Å². The summed E-state index contributed by atoms with van der Waals surface area (Å²) >= 11 is 0. The fraction of sp³-hybridized carbons (Fsp3) is 0.256. The van der Waals surface area contributed by atoms with Crippen LogP contribution in [-0.4, -0.2) is 47.8 Å². The van der Waals surface area contributed by atoms with E-state index in [-0.39, 0.29) is 30.8 Å². The number of H-pyrrole nitrogens is 1. The third-order valence-electron chi connectivity index (χ3n) is 9.11. The zero-order valence-corrected chi connectivity index (χ0v) is 28.7. The number of para-hydroxylation sites is 1. The van der Waals surface area contributed by atoms with Crippen LogP contribution in [0.25, 0.3) is 10.9 Å². The van der Waals surface area contributed by atoms with Gasteiger partial charge in [-0.3, -0.25) is 14.4 Å². The second-order valence-electron chi connectivity index (χ2n) is 12.6. The molecule has 3 heterocycles. The first-order valence-corrected chi connectivity index (χ1v) is 18.1. The number of benzene rings is 3. The van der Waals surface area contributed by atoms with E-state index in [9.17, 15) is 22.8 Å². The SMILES string of the molecule is Cc1ccc(S(=O)(=O)n2cccc2[C@@H]2NC(=O)[C@H](Cc3c[nH]c4ccccc34)NC(=O)C(c3ccccc3)CCOC(=O)C/C=C/[C@@H]2C)cc1. The van der Waals surface area contributed by atoms with Gasteiger partial charge >= 0.3 is 5.97 Å². The fourth-order valence-corrected chi connectivity index (χ4v) is 7.76. The number of aromatic nitrogens is 2. The molecule has 11 heteroatoms. The topological polar surface area (TPSA) is 139 Å². The number of hydrogen-bond acceptors (Lipinski definition) is 6. The van der Waals surface area contributed by atoms with Gasteiger partial charge in [-0.2, -0.15) is 0 Å². The van der Waals surface area contributed by atoms with Gasteiger partial charge in [0, 0.05) is 29.7 Å². The quantitative estimate of drug-likeness (QED) is 0.154. The van der Waals surface area contributed by atoms with Crippen LogP contribution in [0.3, 0.4) is 0 Å². The summed E-state index contributed by atoms with van der Waals surface area (Å²) in [5, 5.41) is 7.02. The standard InChI is InChI=1S/C39H40N4O6S/c1-26-17-19-30(20-18-26)50(47,48)43-22-9-15-35(43)37-27(2)10-8-16-36(44)49-23-21-32(28-11-4-3-5-12-28)38(45)41-34(39(46)42-37)24-29-25-40-33-14-7-6-13-31(29)33/h3-15,17-20,22,25,27,32,34,37,40H,16,21,23-24H2,1-2H3,(H,41,45)(H,42,46)/b10-8+/t27-,32?,34-,37+/m0/s1. The first-order chi connectivity index (χ1) is 24.1. The molecule has 0 saturated heterocycles. The molecule has 0 fully saturated rings. The second kappa shape index (κ2) is 15.0. The van der Waals surface area contributed by atoms with Gasteiger partial charge in [-0.05, 0) is 60.7 Å². The molecule has 0 radical (unpaired) electrons. The van der Waals surface area contributed by atoms with Crippen molar-refractivity contribution < 1.29 is 27.5 Å². The Morgan fingerprint density at radius 3 is 2.38 bits per heavy atom. The van der Waals surface area contributed by atoms with Gasteiger partial charge in [-0.1, -0.05) is 85.3 Å². The molecule has 0 aliphatic carbocycles. The van der Waals surface area contributed by atoms with Crippen LogP contribution in [0.1, 0.15) is 54.1 Å². The number of carbonyl (C=O) groups is 3. The minimum atomic E-state index is -4.04. The molecule has 50 heavy (non-hydrogen) atoms. The maximum Gasteiger partial charge on any atom is 0.309 e. The fourth-order valence-electron chi connectivity index (χ4n) is 6.37. The summed E-state index contributed by atoms with van der Waals surface area (Å²) in [6.45, 7) is 3.72. The molecule has 1 aliphatic rings. The predicted octanol–water partition coefficient (Wildman–Crippen LogP) is 5.71. The number of hydrogen-bond donors (Lipinski definition) is 3. The number of esters is 1. The van der Waals surface area contributed by atoms with Crippen molar-refractivity contribution in [2.45, 2.75) is 56.0 Å². The normalized spacial score (nSPS) is 21.8. The Morgan fingerprint density at radius 2 is 1.60 bits per heavy atom.